The Labute approximate surface area is 256 Å². The molecule has 0 aliphatic carbocycles. The van der Waals surface area contributed by atoms with Crippen LogP contribution in [0.5, 0.6) is 17.2 Å². The van der Waals surface area contributed by atoms with E-state index in [1.54, 1.807) is 23.1 Å². The predicted molar refractivity (Wildman–Crippen MR) is 167 cm³/mol. The number of aromatic nitrogens is 1. The van der Waals surface area contributed by atoms with Gasteiger partial charge in [-0.3, -0.25) is 9.69 Å². The van der Waals surface area contributed by atoms with Crippen molar-refractivity contribution in [3.05, 3.63) is 65.7 Å². The van der Waals surface area contributed by atoms with Crippen LogP contribution in [0.2, 0.25) is 0 Å². The summed E-state index contributed by atoms with van der Waals surface area (Å²) in [5.41, 5.74) is 3.45. The predicted octanol–water partition coefficient (Wildman–Crippen LogP) is 5.83. The Morgan fingerprint density at radius 2 is 1.59 bits per heavy atom. The van der Waals surface area contributed by atoms with Crippen molar-refractivity contribution in [3.8, 4) is 28.7 Å². The molecule has 0 radical (unpaired) electrons. The highest BCUT2D eigenvalue weighted by Gasteiger charge is 2.26. The first-order valence-corrected chi connectivity index (χ1v) is 14.4. The van der Waals surface area contributed by atoms with Crippen molar-refractivity contribution in [2.75, 3.05) is 52.8 Å². The first-order valence-electron chi connectivity index (χ1n) is 14.4. The van der Waals surface area contributed by atoms with E-state index in [-0.39, 0.29) is 12.0 Å². The van der Waals surface area contributed by atoms with Gasteiger partial charge in [0.1, 0.15) is 11.1 Å². The van der Waals surface area contributed by atoms with Crippen LogP contribution < -0.4 is 19.5 Å². The molecular weight excluding hydrogens is 564 g/mol. The summed E-state index contributed by atoms with van der Waals surface area (Å²) in [5.74, 6) is 1.20. The van der Waals surface area contributed by atoms with Gasteiger partial charge in [0.25, 0.3) is 5.91 Å². The number of benzene rings is 3. The van der Waals surface area contributed by atoms with Crippen molar-refractivity contribution >= 4 is 28.8 Å². The van der Waals surface area contributed by atoms with E-state index >= 15 is 0 Å². The lowest BCUT2D eigenvalue weighted by Gasteiger charge is -2.35. The van der Waals surface area contributed by atoms with Crippen LogP contribution in [0.1, 0.15) is 36.7 Å². The van der Waals surface area contributed by atoms with Crippen LogP contribution >= 0.6 is 0 Å². The number of ether oxygens (including phenoxy) is 4. The molecule has 1 aliphatic rings. The molecule has 232 valence electrons. The number of nitrogens with zero attached hydrogens (tertiary/aromatic N) is 3. The second-order valence-electron chi connectivity index (χ2n) is 11.5. The number of para-hydroxylation sites is 1. The maximum atomic E-state index is 13.3. The van der Waals surface area contributed by atoms with Gasteiger partial charge in [-0.25, -0.2) is 9.78 Å². The number of anilines is 1. The van der Waals surface area contributed by atoms with Crippen molar-refractivity contribution in [2.45, 2.75) is 32.9 Å². The normalized spacial score (nSPS) is 13.9. The van der Waals surface area contributed by atoms with Crippen molar-refractivity contribution in [1.82, 2.24) is 14.8 Å². The maximum Gasteiger partial charge on any atom is 0.410 e. The topological polar surface area (TPSA) is 116 Å². The molecule has 0 saturated carbocycles. The minimum absolute atomic E-state index is 0.271. The molecule has 1 aliphatic heterocycles. The monoisotopic (exact) mass is 602 g/mol. The largest absolute Gasteiger partial charge is 0.493 e. The van der Waals surface area contributed by atoms with Gasteiger partial charge in [-0.1, -0.05) is 18.2 Å². The van der Waals surface area contributed by atoms with Crippen LogP contribution in [0.25, 0.3) is 22.6 Å². The van der Waals surface area contributed by atoms with E-state index < -0.39 is 5.60 Å². The highest BCUT2D eigenvalue weighted by Crippen LogP contribution is 2.39. The molecule has 0 spiro atoms. The number of carbonyl (C=O) groups is 2. The van der Waals surface area contributed by atoms with E-state index in [0.717, 1.165) is 25.2 Å². The Kier molecular flexibility index (Phi) is 8.96. The van der Waals surface area contributed by atoms with Gasteiger partial charge in [-0.05, 0) is 62.7 Å². The molecule has 11 nitrogen and oxygen atoms in total. The summed E-state index contributed by atoms with van der Waals surface area (Å²) in [5, 5.41) is 2.96. The highest BCUT2D eigenvalue weighted by atomic mass is 16.6. The van der Waals surface area contributed by atoms with Gasteiger partial charge in [-0.15, -0.1) is 0 Å². The Balaban J connectivity index is 1.30. The number of hydrogen-bond donors (Lipinski definition) is 1. The van der Waals surface area contributed by atoms with Gasteiger partial charge < -0.3 is 33.6 Å². The zero-order chi connectivity index (χ0) is 31.4. The van der Waals surface area contributed by atoms with Crippen molar-refractivity contribution in [2.24, 2.45) is 0 Å². The molecule has 44 heavy (non-hydrogen) atoms. The molecule has 5 rings (SSSR count). The molecule has 3 aromatic carbocycles. The average molecular weight is 603 g/mol. The molecule has 1 saturated heterocycles. The SMILES string of the molecule is COc1cc(C(=O)Nc2ccccc2-c2nc3ccc(CN4CCN(C(=O)OC(C)(C)C)CC4)cc3o2)cc(OC)c1OC. The Bertz CT molecular complexity index is 1630. The number of hydrogen-bond acceptors (Lipinski definition) is 9. The van der Waals surface area contributed by atoms with E-state index in [9.17, 15) is 9.59 Å². The van der Waals surface area contributed by atoms with Crippen LogP contribution in [0.15, 0.2) is 59.0 Å². The van der Waals surface area contributed by atoms with Crippen molar-refractivity contribution < 1.29 is 33.0 Å². The van der Waals surface area contributed by atoms with Crippen LogP contribution in [-0.4, -0.2) is 79.9 Å². The maximum absolute atomic E-state index is 13.3. The number of piperazine rings is 1. The first kappa shape index (κ1) is 30.7. The molecule has 0 unspecified atom stereocenters. The number of nitrogens with one attached hydrogen (secondary N) is 1. The average Bonchev–Trinajstić information content (AvgIpc) is 3.43. The molecule has 4 aromatic rings. The molecule has 1 aromatic heterocycles. The standard InChI is InChI=1S/C33H38N4O7/c1-33(2,3)44-32(39)37-15-13-36(14-16-37)20-21-11-12-25-26(17-21)43-31(35-25)23-9-7-8-10-24(23)34-30(38)22-18-27(40-4)29(42-6)28(19-22)41-5/h7-12,17-19H,13-16,20H2,1-6H3,(H,34,38). The first-order chi connectivity index (χ1) is 21.1. The van der Waals surface area contributed by atoms with Gasteiger partial charge in [-0.2, -0.15) is 0 Å². The summed E-state index contributed by atoms with van der Waals surface area (Å²) in [7, 11) is 4.51. The number of fused-ring (bicyclic) bond motifs is 1. The molecule has 1 fully saturated rings. The van der Waals surface area contributed by atoms with Gasteiger partial charge in [0.15, 0.2) is 17.1 Å². The summed E-state index contributed by atoms with van der Waals surface area (Å²) >= 11 is 0. The Morgan fingerprint density at radius 1 is 0.909 bits per heavy atom. The molecule has 0 bridgehead atoms. The quantitative estimate of drug-likeness (QED) is 0.266. The summed E-state index contributed by atoms with van der Waals surface area (Å²) in [6.07, 6.45) is -0.271. The fourth-order valence-corrected chi connectivity index (χ4v) is 5.04. The molecule has 2 heterocycles. The summed E-state index contributed by atoms with van der Waals surface area (Å²) < 4.78 is 27.9. The lowest BCUT2D eigenvalue weighted by molar-refractivity contribution is 0.0139. The van der Waals surface area contributed by atoms with E-state index in [4.69, 9.17) is 28.3 Å². The third-order valence-corrected chi connectivity index (χ3v) is 7.22. The number of carbonyl (C=O) groups excluding carboxylic acids is 2. The van der Waals surface area contributed by atoms with E-state index in [1.807, 2.05) is 57.2 Å². The summed E-state index contributed by atoms with van der Waals surface area (Å²) in [4.78, 5) is 34.5. The van der Waals surface area contributed by atoms with Crippen LogP contribution in [0.3, 0.4) is 0 Å². The van der Waals surface area contributed by atoms with Crippen LogP contribution in [0, 0.1) is 0 Å². The smallest absolute Gasteiger partial charge is 0.410 e. The van der Waals surface area contributed by atoms with Gasteiger partial charge in [0.2, 0.25) is 11.6 Å². The van der Waals surface area contributed by atoms with E-state index in [1.165, 1.54) is 21.3 Å². The summed E-state index contributed by atoms with van der Waals surface area (Å²) in [6.45, 7) is 9.06. The molecule has 2 amide bonds. The molecular formula is C33H38N4O7. The van der Waals surface area contributed by atoms with Gasteiger partial charge in [0, 0.05) is 38.3 Å². The van der Waals surface area contributed by atoms with Gasteiger partial charge in [0.05, 0.1) is 32.6 Å². The minimum atomic E-state index is -0.509. The van der Waals surface area contributed by atoms with Crippen molar-refractivity contribution in [3.63, 3.8) is 0 Å². The van der Waals surface area contributed by atoms with Crippen molar-refractivity contribution in [1.29, 1.82) is 0 Å². The van der Waals surface area contributed by atoms with Gasteiger partial charge >= 0.3 is 6.09 Å². The number of amides is 2. The van der Waals surface area contributed by atoms with Crippen LogP contribution in [-0.2, 0) is 11.3 Å². The summed E-state index contributed by atoms with van der Waals surface area (Å²) in [6, 6.07) is 16.5. The molecule has 1 N–H and O–H groups in total. The number of rotatable bonds is 8. The van der Waals surface area contributed by atoms with E-state index in [0.29, 0.717) is 64.1 Å². The lowest BCUT2D eigenvalue weighted by atomic mass is 10.1. The third kappa shape index (κ3) is 6.89. The zero-order valence-corrected chi connectivity index (χ0v) is 25.9. The number of methoxy groups -OCH3 is 3. The Hall–Kier alpha value is -4.77. The van der Waals surface area contributed by atoms with E-state index in [2.05, 4.69) is 10.2 Å². The minimum Gasteiger partial charge on any atom is -0.493 e. The second-order valence-corrected chi connectivity index (χ2v) is 11.5. The molecule has 11 heteroatoms. The highest BCUT2D eigenvalue weighted by molar-refractivity contribution is 6.06. The third-order valence-electron chi connectivity index (χ3n) is 7.22. The fourth-order valence-electron chi connectivity index (χ4n) is 5.04. The van der Waals surface area contributed by atoms with Crippen LogP contribution in [0.4, 0.5) is 10.5 Å². The second kappa shape index (κ2) is 12.8. The fraction of sp³-hybridized carbons (Fsp3) is 0.364. The lowest BCUT2D eigenvalue weighted by Crippen LogP contribution is -2.49. The molecule has 0 atom stereocenters. The Morgan fingerprint density at radius 3 is 2.23 bits per heavy atom. The zero-order valence-electron chi connectivity index (χ0n) is 25.9. The number of oxazole rings is 1.